The third kappa shape index (κ3) is 6.77. The van der Waals surface area contributed by atoms with Gasteiger partial charge in [0, 0.05) is 24.4 Å². The summed E-state index contributed by atoms with van der Waals surface area (Å²) in [6.45, 7) is 3.34. The fourth-order valence-corrected chi connectivity index (χ4v) is 3.15. The summed E-state index contributed by atoms with van der Waals surface area (Å²) in [5.41, 5.74) is 2.17. The number of para-hydroxylation sites is 2. The molecule has 2 aromatic rings. The molecule has 0 aliphatic carbocycles. The minimum atomic E-state index is -0.177. The van der Waals surface area contributed by atoms with Gasteiger partial charge in [-0.3, -0.25) is 9.59 Å². The van der Waals surface area contributed by atoms with Crippen LogP contribution in [0.2, 0.25) is 0 Å². The fraction of sp³-hybridized carbons (Fsp3) is 0.391. The maximum atomic E-state index is 12.4. The first-order chi connectivity index (χ1) is 14.6. The smallest absolute Gasteiger partial charge is 0.243 e. The van der Waals surface area contributed by atoms with E-state index in [4.69, 9.17) is 9.47 Å². The van der Waals surface area contributed by atoms with E-state index in [0.29, 0.717) is 24.5 Å². The van der Waals surface area contributed by atoms with Crippen LogP contribution in [0.25, 0.3) is 0 Å². The Kier molecular flexibility index (Phi) is 8.09. The Labute approximate surface area is 177 Å². The van der Waals surface area contributed by atoms with E-state index in [9.17, 15) is 9.59 Å². The van der Waals surface area contributed by atoms with Gasteiger partial charge in [0.1, 0.15) is 12.4 Å². The van der Waals surface area contributed by atoms with Crippen molar-refractivity contribution in [2.45, 2.75) is 38.7 Å². The summed E-state index contributed by atoms with van der Waals surface area (Å²) in [5, 5.41) is 8.80. The van der Waals surface area contributed by atoms with E-state index in [1.807, 2.05) is 55.5 Å². The van der Waals surface area contributed by atoms with Gasteiger partial charge < -0.3 is 25.4 Å². The molecule has 1 aliphatic rings. The van der Waals surface area contributed by atoms with Gasteiger partial charge in [0.15, 0.2) is 0 Å². The van der Waals surface area contributed by atoms with Crippen molar-refractivity contribution < 1.29 is 19.1 Å². The molecular formula is C23H29N3O4. The van der Waals surface area contributed by atoms with Gasteiger partial charge in [0.25, 0.3) is 0 Å². The van der Waals surface area contributed by atoms with Gasteiger partial charge in [-0.1, -0.05) is 19.1 Å². The highest BCUT2D eigenvalue weighted by Gasteiger charge is 2.17. The van der Waals surface area contributed by atoms with Gasteiger partial charge in [0.05, 0.1) is 18.3 Å². The van der Waals surface area contributed by atoms with Crippen LogP contribution in [0.1, 0.15) is 32.6 Å². The lowest BCUT2D eigenvalue weighted by atomic mass is 10.2. The van der Waals surface area contributed by atoms with E-state index in [2.05, 4.69) is 16.0 Å². The van der Waals surface area contributed by atoms with Crippen LogP contribution in [0.3, 0.4) is 0 Å². The lowest BCUT2D eigenvalue weighted by molar-refractivity contribution is -0.116. The second-order valence-corrected chi connectivity index (χ2v) is 7.22. The molecule has 2 amide bonds. The average Bonchev–Trinajstić information content (AvgIpc) is 3.26. The van der Waals surface area contributed by atoms with Gasteiger partial charge in [-0.2, -0.15) is 0 Å². The van der Waals surface area contributed by atoms with Crippen molar-refractivity contribution >= 4 is 28.9 Å². The number of carbonyl (C=O) groups is 2. The zero-order valence-electron chi connectivity index (χ0n) is 17.3. The van der Waals surface area contributed by atoms with Crippen molar-refractivity contribution in [2.75, 3.05) is 35.7 Å². The third-order valence-corrected chi connectivity index (χ3v) is 4.71. The molecule has 1 fully saturated rings. The number of nitrogens with one attached hydrogen (secondary N) is 3. The molecule has 0 bridgehead atoms. The molecule has 3 N–H and O–H groups in total. The van der Waals surface area contributed by atoms with E-state index in [1.165, 1.54) is 0 Å². The van der Waals surface area contributed by atoms with Gasteiger partial charge >= 0.3 is 0 Å². The van der Waals surface area contributed by atoms with Crippen LogP contribution in [0.4, 0.5) is 17.1 Å². The van der Waals surface area contributed by atoms with E-state index in [1.54, 1.807) is 0 Å². The molecule has 1 saturated heterocycles. The average molecular weight is 412 g/mol. The molecule has 1 heterocycles. The zero-order chi connectivity index (χ0) is 21.2. The van der Waals surface area contributed by atoms with Crippen molar-refractivity contribution in [2.24, 2.45) is 0 Å². The summed E-state index contributed by atoms with van der Waals surface area (Å²) in [4.78, 5) is 24.0. The molecule has 7 heteroatoms. The Bertz CT molecular complexity index is 833. The number of benzene rings is 2. The fourth-order valence-electron chi connectivity index (χ4n) is 3.15. The summed E-state index contributed by atoms with van der Waals surface area (Å²) < 4.78 is 11.4. The molecular weight excluding hydrogens is 382 g/mol. The van der Waals surface area contributed by atoms with E-state index in [0.717, 1.165) is 37.2 Å². The minimum Gasteiger partial charge on any atom is -0.489 e. The molecule has 1 atom stereocenters. The van der Waals surface area contributed by atoms with Crippen LogP contribution < -0.4 is 20.7 Å². The molecule has 3 rings (SSSR count). The van der Waals surface area contributed by atoms with E-state index < -0.39 is 0 Å². The SMILES string of the molecule is CCCC(=O)Nc1ccc(NCC(=O)Nc2ccccc2OCC2CCCO2)cc1. The van der Waals surface area contributed by atoms with Crippen LogP contribution in [0.15, 0.2) is 48.5 Å². The van der Waals surface area contributed by atoms with Crippen molar-refractivity contribution in [1.29, 1.82) is 0 Å². The number of anilines is 3. The first-order valence-electron chi connectivity index (χ1n) is 10.4. The molecule has 0 radical (unpaired) electrons. The standard InChI is InChI=1S/C23H29N3O4/c1-2-6-22(27)25-18-12-10-17(11-13-18)24-15-23(28)26-20-8-3-4-9-21(20)30-16-19-7-5-14-29-19/h3-4,8-13,19,24H,2,5-7,14-16H2,1H3,(H,25,27)(H,26,28). The summed E-state index contributed by atoms with van der Waals surface area (Å²) in [7, 11) is 0. The molecule has 1 unspecified atom stereocenters. The highest BCUT2D eigenvalue weighted by atomic mass is 16.5. The van der Waals surface area contributed by atoms with Gasteiger partial charge in [-0.05, 0) is 55.7 Å². The Balaban J connectivity index is 1.47. The van der Waals surface area contributed by atoms with Crippen molar-refractivity contribution in [1.82, 2.24) is 0 Å². The lowest BCUT2D eigenvalue weighted by Gasteiger charge is -2.15. The molecule has 0 aromatic heterocycles. The molecule has 160 valence electrons. The van der Waals surface area contributed by atoms with Gasteiger partial charge in [-0.15, -0.1) is 0 Å². The van der Waals surface area contributed by atoms with Crippen LogP contribution in [-0.4, -0.2) is 37.7 Å². The predicted molar refractivity (Wildman–Crippen MR) is 118 cm³/mol. The number of rotatable bonds is 10. The number of hydrogen-bond acceptors (Lipinski definition) is 5. The Morgan fingerprint density at radius 1 is 1.03 bits per heavy atom. The van der Waals surface area contributed by atoms with Crippen LogP contribution >= 0.6 is 0 Å². The zero-order valence-corrected chi connectivity index (χ0v) is 17.3. The monoisotopic (exact) mass is 411 g/mol. The summed E-state index contributed by atoms with van der Waals surface area (Å²) >= 11 is 0. The van der Waals surface area contributed by atoms with Crippen molar-refractivity contribution in [3.05, 3.63) is 48.5 Å². The topological polar surface area (TPSA) is 88.7 Å². The number of carbonyl (C=O) groups excluding carboxylic acids is 2. The predicted octanol–water partition coefficient (Wildman–Crippen LogP) is 4.03. The van der Waals surface area contributed by atoms with Crippen molar-refractivity contribution in [3.63, 3.8) is 0 Å². The maximum absolute atomic E-state index is 12.4. The van der Waals surface area contributed by atoms with Crippen LogP contribution in [0, 0.1) is 0 Å². The van der Waals surface area contributed by atoms with Gasteiger partial charge in [0.2, 0.25) is 11.8 Å². The normalized spacial score (nSPS) is 15.4. The molecule has 2 aromatic carbocycles. The lowest BCUT2D eigenvalue weighted by Crippen LogP contribution is -2.22. The summed E-state index contributed by atoms with van der Waals surface area (Å²) in [6, 6.07) is 14.7. The minimum absolute atomic E-state index is 0.00188. The molecule has 0 spiro atoms. The van der Waals surface area contributed by atoms with Crippen LogP contribution in [0.5, 0.6) is 5.75 Å². The van der Waals surface area contributed by atoms with Gasteiger partial charge in [-0.25, -0.2) is 0 Å². The number of amides is 2. The second-order valence-electron chi connectivity index (χ2n) is 7.22. The first-order valence-corrected chi connectivity index (χ1v) is 10.4. The number of hydrogen-bond donors (Lipinski definition) is 3. The summed E-state index contributed by atoms with van der Waals surface area (Å²) in [6.07, 6.45) is 3.48. The quantitative estimate of drug-likeness (QED) is 0.549. The third-order valence-electron chi connectivity index (χ3n) is 4.71. The largest absolute Gasteiger partial charge is 0.489 e. The second kappa shape index (κ2) is 11.2. The Morgan fingerprint density at radius 3 is 2.53 bits per heavy atom. The van der Waals surface area contributed by atoms with Crippen molar-refractivity contribution in [3.8, 4) is 5.75 Å². The molecule has 7 nitrogen and oxygen atoms in total. The number of ether oxygens (including phenoxy) is 2. The summed E-state index contributed by atoms with van der Waals surface area (Å²) in [5.74, 6) is 0.454. The Morgan fingerprint density at radius 2 is 1.80 bits per heavy atom. The van der Waals surface area contributed by atoms with E-state index in [-0.39, 0.29) is 24.5 Å². The highest BCUT2D eigenvalue weighted by molar-refractivity contribution is 5.95. The molecule has 0 saturated carbocycles. The molecule has 1 aliphatic heterocycles. The first kappa shape index (κ1) is 21.6. The highest BCUT2D eigenvalue weighted by Crippen LogP contribution is 2.25. The van der Waals surface area contributed by atoms with Crippen LogP contribution in [-0.2, 0) is 14.3 Å². The van der Waals surface area contributed by atoms with E-state index >= 15 is 0 Å². The Hall–Kier alpha value is -3.06. The maximum Gasteiger partial charge on any atom is 0.243 e. The molecule has 30 heavy (non-hydrogen) atoms.